The lowest BCUT2D eigenvalue weighted by atomic mass is 9.98. The van der Waals surface area contributed by atoms with Crippen LogP contribution in [0.5, 0.6) is 0 Å². The average Bonchev–Trinajstić information content (AvgIpc) is 3.04. The molecule has 0 amide bonds. The third-order valence-electron chi connectivity index (χ3n) is 4.25. The molecule has 1 fully saturated rings. The van der Waals surface area contributed by atoms with Crippen molar-refractivity contribution in [2.45, 2.75) is 52.2 Å². The van der Waals surface area contributed by atoms with E-state index in [0.717, 1.165) is 26.0 Å². The van der Waals surface area contributed by atoms with Gasteiger partial charge in [0.25, 0.3) is 0 Å². The predicted octanol–water partition coefficient (Wildman–Crippen LogP) is 3.22. The van der Waals surface area contributed by atoms with Crippen LogP contribution in [0.25, 0.3) is 0 Å². The second-order valence-corrected chi connectivity index (χ2v) is 6.39. The van der Waals surface area contributed by atoms with E-state index in [1.807, 2.05) is 17.9 Å². The second kappa shape index (κ2) is 7.76. The van der Waals surface area contributed by atoms with Crippen LogP contribution < -0.4 is 5.32 Å². The predicted molar refractivity (Wildman–Crippen MR) is 86.1 cm³/mol. The molecule has 0 saturated carbocycles. The highest BCUT2D eigenvalue weighted by atomic mass is 16.5. The van der Waals surface area contributed by atoms with Gasteiger partial charge in [0.1, 0.15) is 6.10 Å². The monoisotopic (exact) mass is 291 g/mol. The third-order valence-corrected chi connectivity index (χ3v) is 4.25. The van der Waals surface area contributed by atoms with Crippen molar-refractivity contribution in [3.63, 3.8) is 0 Å². The van der Waals surface area contributed by atoms with Crippen LogP contribution in [-0.2, 0) is 11.8 Å². The Kier molecular flexibility index (Phi) is 6.00. The van der Waals surface area contributed by atoms with Crippen molar-refractivity contribution in [3.8, 4) is 0 Å². The molecule has 118 valence electrons. The van der Waals surface area contributed by atoms with Crippen LogP contribution >= 0.6 is 0 Å². The van der Waals surface area contributed by atoms with E-state index in [0.29, 0.717) is 12.0 Å². The zero-order chi connectivity index (χ0) is 15.2. The fraction of sp³-hybridized carbons (Fsp3) is 0.706. The van der Waals surface area contributed by atoms with Crippen molar-refractivity contribution in [2.75, 3.05) is 13.2 Å². The highest BCUT2D eigenvalue weighted by Gasteiger charge is 2.31. The fourth-order valence-electron chi connectivity index (χ4n) is 2.91. The fourth-order valence-corrected chi connectivity index (χ4v) is 2.91. The van der Waals surface area contributed by atoms with Crippen molar-refractivity contribution in [3.05, 3.63) is 29.6 Å². The number of hydrogen-bond acceptors (Lipinski definition) is 3. The topological polar surface area (TPSA) is 39.1 Å². The van der Waals surface area contributed by atoms with Gasteiger partial charge in [-0.05, 0) is 46.1 Å². The number of allylic oxidation sites excluding steroid dienone is 2. The van der Waals surface area contributed by atoms with Gasteiger partial charge in [-0.3, -0.25) is 4.68 Å². The maximum atomic E-state index is 5.93. The molecule has 1 saturated heterocycles. The van der Waals surface area contributed by atoms with Gasteiger partial charge in [0, 0.05) is 38.4 Å². The minimum absolute atomic E-state index is 0.190. The molecule has 1 aliphatic rings. The molecule has 0 radical (unpaired) electrons. The Morgan fingerprint density at radius 1 is 1.57 bits per heavy atom. The quantitative estimate of drug-likeness (QED) is 0.784. The van der Waals surface area contributed by atoms with Crippen molar-refractivity contribution < 1.29 is 4.74 Å². The van der Waals surface area contributed by atoms with Gasteiger partial charge in [-0.1, -0.05) is 11.6 Å². The van der Waals surface area contributed by atoms with Gasteiger partial charge in [-0.25, -0.2) is 0 Å². The van der Waals surface area contributed by atoms with Crippen LogP contribution in [0.2, 0.25) is 0 Å². The van der Waals surface area contributed by atoms with Gasteiger partial charge in [-0.15, -0.1) is 0 Å². The highest BCUT2D eigenvalue weighted by Crippen LogP contribution is 2.33. The highest BCUT2D eigenvalue weighted by molar-refractivity contribution is 5.07. The summed E-state index contributed by atoms with van der Waals surface area (Å²) in [7, 11) is 1.99. The largest absolute Gasteiger partial charge is 0.372 e. The number of rotatable bonds is 7. The second-order valence-electron chi connectivity index (χ2n) is 6.39. The summed E-state index contributed by atoms with van der Waals surface area (Å²) in [6, 6.07) is 2.62. The normalized spacial score (nSPS) is 23.2. The average molecular weight is 291 g/mol. The van der Waals surface area contributed by atoms with E-state index >= 15 is 0 Å². The lowest BCUT2D eigenvalue weighted by Gasteiger charge is -2.21. The summed E-state index contributed by atoms with van der Waals surface area (Å²) in [5, 5.41) is 7.93. The van der Waals surface area contributed by atoms with Crippen LogP contribution in [0.3, 0.4) is 0 Å². The van der Waals surface area contributed by atoms with Crippen LogP contribution in [0.4, 0.5) is 0 Å². The summed E-state index contributed by atoms with van der Waals surface area (Å²) in [5.74, 6) is 0.548. The molecule has 1 aromatic heterocycles. The summed E-state index contributed by atoms with van der Waals surface area (Å²) in [5.41, 5.74) is 2.60. The Hall–Kier alpha value is -1.13. The van der Waals surface area contributed by atoms with Crippen molar-refractivity contribution in [1.29, 1.82) is 0 Å². The van der Waals surface area contributed by atoms with Gasteiger partial charge in [0.2, 0.25) is 0 Å². The first-order chi connectivity index (χ1) is 10.1. The Morgan fingerprint density at radius 2 is 2.38 bits per heavy atom. The maximum absolute atomic E-state index is 5.93. The number of aromatic nitrogens is 2. The Balaban J connectivity index is 1.79. The van der Waals surface area contributed by atoms with E-state index < -0.39 is 0 Å². The maximum Gasteiger partial charge on any atom is 0.103 e. The lowest BCUT2D eigenvalue weighted by Crippen LogP contribution is -2.32. The molecule has 0 aromatic carbocycles. The molecule has 1 unspecified atom stereocenters. The summed E-state index contributed by atoms with van der Waals surface area (Å²) < 4.78 is 7.86. The molecule has 0 aliphatic carbocycles. The number of nitrogens with one attached hydrogen (secondary N) is 1. The smallest absolute Gasteiger partial charge is 0.103 e. The van der Waals surface area contributed by atoms with E-state index in [-0.39, 0.29) is 6.10 Å². The van der Waals surface area contributed by atoms with Gasteiger partial charge in [-0.2, -0.15) is 5.10 Å². The summed E-state index contributed by atoms with van der Waals surface area (Å²) in [4.78, 5) is 0. The van der Waals surface area contributed by atoms with Crippen LogP contribution in [0.1, 0.15) is 51.8 Å². The van der Waals surface area contributed by atoms with E-state index in [1.54, 1.807) is 0 Å². The lowest BCUT2D eigenvalue weighted by molar-refractivity contribution is 0.0832. The molecule has 0 spiro atoms. The number of ether oxygens (including phenoxy) is 1. The van der Waals surface area contributed by atoms with Gasteiger partial charge >= 0.3 is 0 Å². The first-order valence-corrected chi connectivity index (χ1v) is 8.04. The molecule has 3 atom stereocenters. The van der Waals surface area contributed by atoms with Crippen LogP contribution in [0.15, 0.2) is 23.9 Å². The molecule has 4 nitrogen and oxygen atoms in total. The first-order valence-electron chi connectivity index (χ1n) is 8.04. The first kappa shape index (κ1) is 16.2. The van der Waals surface area contributed by atoms with Crippen molar-refractivity contribution in [2.24, 2.45) is 13.0 Å². The van der Waals surface area contributed by atoms with Crippen molar-refractivity contribution in [1.82, 2.24) is 15.1 Å². The Morgan fingerprint density at radius 3 is 3.05 bits per heavy atom. The molecule has 0 bridgehead atoms. The van der Waals surface area contributed by atoms with Gasteiger partial charge < -0.3 is 10.1 Å². The minimum atomic E-state index is 0.190. The molecule has 2 heterocycles. The van der Waals surface area contributed by atoms with Crippen LogP contribution in [-0.4, -0.2) is 29.0 Å². The molecule has 4 heteroatoms. The molecule has 1 aliphatic heterocycles. The summed E-state index contributed by atoms with van der Waals surface area (Å²) in [6.45, 7) is 8.47. The molecular formula is C17H29N3O. The standard InChI is InChI=1S/C17H29N3O/c1-13(2)6-5-7-14(3)18-12-15-9-11-21-17(15)16-8-10-19-20(16)4/h6,8,10,14-15,17-18H,5,7,9,11-12H2,1-4H3/t14?,15-,17+/m0/s1. The van der Waals surface area contributed by atoms with E-state index in [2.05, 4.69) is 43.3 Å². The molecule has 2 rings (SSSR count). The Labute approximate surface area is 128 Å². The third kappa shape index (κ3) is 4.68. The van der Waals surface area contributed by atoms with Crippen molar-refractivity contribution >= 4 is 0 Å². The zero-order valence-corrected chi connectivity index (χ0v) is 13.8. The zero-order valence-electron chi connectivity index (χ0n) is 13.8. The molecule has 1 N–H and O–H groups in total. The summed E-state index contributed by atoms with van der Waals surface area (Å²) >= 11 is 0. The number of aryl methyl sites for hydroxylation is 1. The number of hydrogen-bond donors (Lipinski definition) is 1. The molecular weight excluding hydrogens is 262 g/mol. The molecule has 21 heavy (non-hydrogen) atoms. The Bertz CT molecular complexity index is 462. The minimum Gasteiger partial charge on any atom is -0.372 e. The van der Waals surface area contributed by atoms with Gasteiger partial charge in [0.05, 0.1) is 5.69 Å². The van der Waals surface area contributed by atoms with E-state index in [9.17, 15) is 0 Å². The van der Waals surface area contributed by atoms with Crippen LogP contribution in [0, 0.1) is 5.92 Å². The van der Waals surface area contributed by atoms with E-state index in [4.69, 9.17) is 4.74 Å². The van der Waals surface area contributed by atoms with E-state index in [1.165, 1.54) is 17.7 Å². The number of nitrogens with zero attached hydrogens (tertiary/aromatic N) is 2. The SMILES string of the molecule is CC(C)=CCCC(C)NC[C@@H]1CCO[C@H]1c1ccnn1C. The van der Waals surface area contributed by atoms with Gasteiger partial charge in [0.15, 0.2) is 0 Å². The molecule has 1 aromatic rings. The summed E-state index contributed by atoms with van der Waals surface area (Å²) in [6.07, 6.45) is 7.83.